The summed E-state index contributed by atoms with van der Waals surface area (Å²) in [5.41, 5.74) is 0. The fraction of sp³-hybridized carbons (Fsp3) is 0.824. The van der Waals surface area contributed by atoms with Crippen LogP contribution in [0.3, 0.4) is 0 Å². The third-order valence-corrected chi connectivity index (χ3v) is 4.98. The van der Waals surface area contributed by atoms with E-state index in [4.69, 9.17) is 4.52 Å². The molecule has 122 valence electrons. The van der Waals surface area contributed by atoms with E-state index in [-0.39, 0.29) is 12.0 Å². The Bertz CT molecular complexity index is 494. The number of aromatic nitrogens is 2. The van der Waals surface area contributed by atoms with E-state index in [1.807, 2.05) is 4.90 Å². The lowest BCUT2D eigenvalue weighted by Crippen LogP contribution is -2.42. The minimum atomic E-state index is 0.00119. The highest BCUT2D eigenvalue weighted by Gasteiger charge is 2.35. The number of piperidine rings is 1. The van der Waals surface area contributed by atoms with Crippen molar-refractivity contribution < 1.29 is 9.32 Å². The molecule has 0 unspecified atom stereocenters. The van der Waals surface area contributed by atoms with Crippen LogP contribution >= 0.6 is 0 Å². The lowest BCUT2D eigenvalue weighted by atomic mass is 9.87. The Morgan fingerprint density at radius 2 is 1.95 bits per heavy atom. The quantitative estimate of drug-likeness (QED) is 0.852. The predicted octanol–water partition coefficient (Wildman–Crippen LogP) is 3.66. The Labute approximate surface area is 132 Å². The second-order valence-corrected chi connectivity index (χ2v) is 6.68. The number of aryl methyl sites for hydroxylation is 1. The van der Waals surface area contributed by atoms with Crippen molar-refractivity contribution in [2.45, 2.75) is 77.2 Å². The molecule has 2 heterocycles. The van der Waals surface area contributed by atoms with E-state index in [9.17, 15) is 4.79 Å². The van der Waals surface area contributed by atoms with Crippen molar-refractivity contribution >= 4 is 5.91 Å². The summed E-state index contributed by atoms with van der Waals surface area (Å²) >= 11 is 0. The molecule has 3 rings (SSSR count). The maximum atomic E-state index is 12.9. The molecule has 1 aromatic heterocycles. The molecular formula is C17H27N3O2. The van der Waals surface area contributed by atoms with Gasteiger partial charge < -0.3 is 9.42 Å². The standard InChI is InChI=1S/C17H27N3O2/c1-2-8-15-18-16(22-19-15)14-11-6-7-12-20(14)17(21)13-9-4-3-5-10-13/h13-14H,2-12H2,1H3/t14-/m1/s1. The molecule has 22 heavy (non-hydrogen) atoms. The van der Waals surface area contributed by atoms with Gasteiger partial charge in [-0.25, -0.2) is 0 Å². The van der Waals surface area contributed by atoms with Gasteiger partial charge in [-0.1, -0.05) is 31.3 Å². The van der Waals surface area contributed by atoms with Crippen molar-refractivity contribution in [2.75, 3.05) is 6.54 Å². The molecule has 1 amide bonds. The van der Waals surface area contributed by atoms with Crippen LogP contribution in [0.4, 0.5) is 0 Å². The molecule has 0 bridgehead atoms. The third-order valence-electron chi connectivity index (χ3n) is 4.98. The summed E-state index contributed by atoms with van der Waals surface area (Å²) in [4.78, 5) is 19.5. The second-order valence-electron chi connectivity index (χ2n) is 6.68. The van der Waals surface area contributed by atoms with E-state index in [1.165, 1.54) is 19.3 Å². The molecule has 0 spiro atoms. The highest BCUT2D eigenvalue weighted by Crippen LogP contribution is 2.34. The Kier molecular flexibility index (Phi) is 5.11. The molecule has 0 aromatic carbocycles. The summed E-state index contributed by atoms with van der Waals surface area (Å²) in [7, 11) is 0. The van der Waals surface area contributed by atoms with E-state index in [0.29, 0.717) is 11.8 Å². The molecule has 0 radical (unpaired) electrons. The predicted molar refractivity (Wildman–Crippen MR) is 83.2 cm³/mol. The minimum absolute atomic E-state index is 0.00119. The van der Waals surface area contributed by atoms with Gasteiger partial charge in [-0.2, -0.15) is 4.98 Å². The molecular weight excluding hydrogens is 278 g/mol. The van der Waals surface area contributed by atoms with Gasteiger partial charge in [0.25, 0.3) is 0 Å². The van der Waals surface area contributed by atoms with Gasteiger partial charge in [0.1, 0.15) is 6.04 Å². The first-order chi connectivity index (χ1) is 10.8. The summed E-state index contributed by atoms with van der Waals surface area (Å²) in [5, 5.41) is 4.06. The van der Waals surface area contributed by atoms with Gasteiger partial charge in [-0.15, -0.1) is 0 Å². The Hall–Kier alpha value is -1.39. The van der Waals surface area contributed by atoms with Crippen molar-refractivity contribution in [1.82, 2.24) is 15.0 Å². The number of rotatable bonds is 4. The average molecular weight is 305 g/mol. The summed E-state index contributed by atoms with van der Waals surface area (Å²) in [6.07, 6.45) is 10.8. The molecule has 0 N–H and O–H groups in total. The SMILES string of the molecule is CCCc1noc([C@H]2CCCCN2C(=O)C2CCCCC2)n1. The van der Waals surface area contributed by atoms with Crippen molar-refractivity contribution in [2.24, 2.45) is 5.92 Å². The first-order valence-corrected chi connectivity index (χ1v) is 8.92. The first-order valence-electron chi connectivity index (χ1n) is 8.92. The minimum Gasteiger partial charge on any atom is -0.337 e. The van der Waals surface area contributed by atoms with Gasteiger partial charge >= 0.3 is 0 Å². The molecule has 1 aliphatic carbocycles. The number of hydrogen-bond acceptors (Lipinski definition) is 4. The summed E-state index contributed by atoms with van der Waals surface area (Å²) < 4.78 is 5.47. The van der Waals surface area contributed by atoms with Crippen LogP contribution in [0.2, 0.25) is 0 Å². The molecule has 2 aliphatic rings. The topological polar surface area (TPSA) is 59.2 Å². The molecule has 1 saturated carbocycles. The van der Waals surface area contributed by atoms with Crippen molar-refractivity contribution in [1.29, 1.82) is 0 Å². The smallest absolute Gasteiger partial charge is 0.249 e. The van der Waals surface area contributed by atoms with E-state index in [1.54, 1.807) is 0 Å². The van der Waals surface area contributed by atoms with Crippen molar-refractivity contribution in [3.05, 3.63) is 11.7 Å². The fourth-order valence-electron chi connectivity index (χ4n) is 3.76. The van der Waals surface area contributed by atoms with Gasteiger partial charge in [0, 0.05) is 18.9 Å². The number of nitrogens with zero attached hydrogens (tertiary/aromatic N) is 3. The van der Waals surface area contributed by atoms with Crippen LogP contribution in [0.15, 0.2) is 4.52 Å². The zero-order valence-corrected chi connectivity index (χ0v) is 13.6. The van der Waals surface area contributed by atoms with Crippen LogP contribution in [0.25, 0.3) is 0 Å². The van der Waals surface area contributed by atoms with Crippen LogP contribution in [0.5, 0.6) is 0 Å². The van der Waals surface area contributed by atoms with Crippen molar-refractivity contribution in [3.63, 3.8) is 0 Å². The molecule has 1 aromatic rings. The Morgan fingerprint density at radius 1 is 1.18 bits per heavy atom. The first kappa shape index (κ1) is 15.5. The number of carbonyl (C=O) groups excluding carboxylic acids is 1. The summed E-state index contributed by atoms with van der Waals surface area (Å²) in [6, 6.07) is 0.00119. The molecule has 1 aliphatic heterocycles. The monoisotopic (exact) mass is 305 g/mol. The van der Waals surface area contributed by atoms with Crippen LogP contribution < -0.4 is 0 Å². The largest absolute Gasteiger partial charge is 0.337 e. The van der Waals surface area contributed by atoms with E-state index in [2.05, 4.69) is 17.1 Å². The maximum Gasteiger partial charge on any atom is 0.249 e. The normalized spacial score (nSPS) is 23.7. The number of likely N-dealkylation sites (tertiary alicyclic amines) is 1. The van der Waals surface area contributed by atoms with Crippen LogP contribution in [-0.2, 0) is 11.2 Å². The molecule has 1 saturated heterocycles. The van der Waals surface area contributed by atoms with Gasteiger partial charge in [-0.3, -0.25) is 4.79 Å². The number of hydrogen-bond donors (Lipinski definition) is 0. The zero-order chi connectivity index (χ0) is 15.4. The van der Waals surface area contributed by atoms with E-state index in [0.717, 1.165) is 57.3 Å². The summed E-state index contributed by atoms with van der Waals surface area (Å²) in [5.74, 6) is 1.95. The Balaban J connectivity index is 1.73. The fourth-order valence-corrected chi connectivity index (χ4v) is 3.76. The van der Waals surface area contributed by atoms with E-state index >= 15 is 0 Å². The molecule has 2 fully saturated rings. The van der Waals surface area contributed by atoms with Gasteiger partial charge in [-0.05, 0) is 38.5 Å². The van der Waals surface area contributed by atoms with Crippen molar-refractivity contribution in [3.8, 4) is 0 Å². The number of carbonyl (C=O) groups is 1. The van der Waals surface area contributed by atoms with Crippen LogP contribution in [0.1, 0.15) is 82.5 Å². The maximum absolute atomic E-state index is 12.9. The average Bonchev–Trinajstić information content (AvgIpc) is 3.04. The van der Waals surface area contributed by atoms with Gasteiger partial charge in [0.05, 0.1) is 0 Å². The third kappa shape index (κ3) is 3.33. The number of amides is 1. The van der Waals surface area contributed by atoms with E-state index < -0.39 is 0 Å². The zero-order valence-electron chi connectivity index (χ0n) is 13.6. The Morgan fingerprint density at radius 3 is 2.73 bits per heavy atom. The van der Waals surface area contributed by atoms with Gasteiger partial charge in [0.15, 0.2) is 5.82 Å². The molecule has 5 nitrogen and oxygen atoms in total. The van der Waals surface area contributed by atoms with Crippen LogP contribution in [0, 0.1) is 5.92 Å². The highest BCUT2D eigenvalue weighted by atomic mass is 16.5. The molecule has 5 heteroatoms. The highest BCUT2D eigenvalue weighted by molar-refractivity contribution is 5.79. The lowest BCUT2D eigenvalue weighted by Gasteiger charge is -2.36. The molecule has 1 atom stereocenters. The van der Waals surface area contributed by atoms with Crippen LogP contribution in [-0.4, -0.2) is 27.5 Å². The second kappa shape index (κ2) is 7.25. The lowest BCUT2D eigenvalue weighted by molar-refractivity contribution is -0.141. The summed E-state index contributed by atoms with van der Waals surface area (Å²) in [6.45, 7) is 2.95. The van der Waals surface area contributed by atoms with Gasteiger partial charge in [0.2, 0.25) is 11.8 Å².